The number of hydrogen-bond donors (Lipinski definition) is 1. The standard InChI is InChI=1S/C12H17N3O/c1-2-15(12(16)11-7-14-8-11)9-10-3-5-13-6-4-10/h3-6,11,14H,2,7-9H2,1H3. The van der Waals surface area contributed by atoms with E-state index in [1.807, 2.05) is 24.0 Å². The van der Waals surface area contributed by atoms with E-state index in [9.17, 15) is 4.79 Å². The molecule has 2 rings (SSSR count). The molecule has 4 heteroatoms. The van der Waals surface area contributed by atoms with Crippen molar-refractivity contribution >= 4 is 5.91 Å². The van der Waals surface area contributed by atoms with Gasteiger partial charge in [-0.3, -0.25) is 9.78 Å². The highest BCUT2D eigenvalue weighted by Crippen LogP contribution is 2.11. The SMILES string of the molecule is CCN(Cc1ccncc1)C(=O)C1CNC1. The number of nitrogens with one attached hydrogen (secondary N) is 1. The van der Waals surface area contributed by atoms with E-state index in [1.54, 1.807) is 12.4 Å². The van der Waals surface area contributed by atoms with E-state index >= 15 is 0 Å². The van der Waals surface area contributed by atoms with Gasteiger partial charge in [0.2, 0.25) is 5.91 Å². The molecule has 1 aliphatic rings. The maximum atomic E-state index is 12.0. The van der Waals surface area contributed by atoms with E-state index in [2.05, 4.69) is 10.3 Å². The van der Waals surface area contributed by atoms with Gasteiger partial charge in [0.25, 0.3) is 0 Å². The molecule has 1 N–H and O–H groups in total. The highest BCUT2D eigenvalue weighted by molar-refractivity contribution is 5.80. The fourth-order valence-corrected chi connectivity index (χ4v) is 1.78. The number of pyridine rings is 1. The number of rotatable bonds is 4. The van der Waals surface area contributed by atoms with Gasteiger partial charge >= 0.3 is 0 Å². The molecule has 86 valence electrons. The largest absolute Gasteiger partial charge is 0.338 e. The van der Waals surface area contributed by atoms with Gasteiger partial charge in [0.1, 0.15) is 0 Å². The van der Waals surface area contributed by atoms with Crippen molar-refractivity contribution in [1.29, 1.82) is 0 Å². The highest BCUT2D eigenvalue weighted by Gasteiger charge is 2.28. The lowest BCUT2D eigenvalue weighted by molar-refractivity contribution is -0.137. The molecular formula is C12H17N3O. The average Bonchev–Trinajstić information content (AvgIpc) is 2.25. The van der Waals surface area contributed by atoms with Gasteiger partial charge in [0, 0.05) is 38.6 Å². The normalized spacial score (nSPS) is 15.6. The number of carbonyl (C=O) groups is 1. The number of carbonyl (C=O) groups excluding carboxylic acids is 1. The van der Waals surface area contributed by atoms with Crippen LogP contribution in [-0.2, 0) is 11.3 Å². The van der Waals surface area contributed by atoms with Gasteiger partial charge < -0.3 is 10.2 Å². The van der Waals surface area contributed by atoms with Crippen LogP contribution in [0.3, 0.4) is 0 Å². The van der Waals surface area contributed by atoms with Gasteiger partial charge in [-0.25, -0.2) is 0 Å². The van der Waals surface area contributed by atoms with Crippen molar-refractivity contribution in [1.82, 2.24) is 15.2 Å². The monoisotopic (exact) mass is 219 g/mol. The third-order valence-electron chi connectivity index (χ3n) is 2.95. The molecule has 0 unspecified atom stereocenters. The first-order valence-corrected chi connectivity index (χ1v) is 5.69. The summed E-state index contributed by atoms with van der Waals surface area (Å²) in [4.78, 5) is 17.9. The molecule has 0 aliphatic carbocycles. The first kappa shape index (κ1) is 11.1. The van der Waals surface area contributed by atoms with E-state index in [1.165, 1.54) is 0 Å². The smallest absolute Gasteiger partial charge is 0.228 e. The van der Waals surface area contributed by atoms with Crippen LogP contribution < -0.4 is 5.32 Å². The predicted octanol–water partition coefficient (Wildman–Crippen LogP) is 0.649. The zero-order valence-electron chi connectivity index (χ0n) is 9.52. The Balaban J connectivity index is 1.97. The molecule has 2 heterocycles. The molecule has 0 saturated carbocycles. The highest BCUT2D eigenvalue weighted by atomic mass is 16.2. The fourth-order valence-electron chi connectivity index (χ4n) is 1.78. The van der Waals surface area contributed by atoms with Crippen molar-refractivity contribution in [2.24, 2.45) is 5.92 Å². The van der Waals surface area contributed by atoms with Gasteiger partial charge in [-0.2, -0.15) is 0 Å². The molecule has 0 radical (unpaired) electrons. The first-order chi connectivity index (χ1) is 7.81. The fraction of sp³-hybridized carbons (Fsp3) is 0.500. The third-order valence-corrected chi connectivity index (χ3v) is 2.95. The Hall–Kier alpha value is -1.42. The molecule has 0 spiro atoms. The molecule has 16 heavy (non-hydrogen) atoms. The second kappa shape index (κ2) is 5.07. The number of amides is 1. The van der Waals surface area contributed by atoms with Gasteiger partial charge in [-0.1, -0.05) is 0 Å². The average molecular weight is 219 g/mol. The molecule has 1 aromatic rings. The Labute approximate surface area is 95.7 Å². The van der Waals surface area contributed by atoms with Gasteiger partial charge in [0.05, 0.1) is 5.92 Å². The summed E-state index contributed by atoms with van der Waals surface area (Å²) in [5.74, 6) is 0.444. The summed E-state index contributed by atoms with van der Waals surface area (Å²) in [5, 5.41) is 3.13. The Morgan fingerprint density at radius 1 is 1.50 bits per heavy atom. The van der Waals surface area contributed by atoms with Crippen molar-refractivity contribution in [2.45, 2.75) is 13.5 Å². The van der Waals surface area contributed by atoms with Crippen LogP contribution in [0.2, 0.25) is 0 Å². The molecular weight excluding hydrogens is 202 g/mol. The van der Waals surface area contributed by atoms with Gasteiger partial charge in [-0.15, -0.1) is 0 Å². The number of hydrogen-bond acceptors (Lipinski definition) is 3. The minimum absolute atomic E-state index is 0.182. The van der Waals surface area contributed by atoms with E-state index in [-0.39, 0.29) is 11.8 Å². The van der Waals surface area contributed by atoms with E-state index in [4.69, 9.17) is 0 Å². The Morgan fingerprint density at radius 2 is 2.19 bits per heavy atom. The van der Waals surface area contributed by atoms with Crippen LogP contribution in [0.25, 0.3) is 0 Å². The lowest BCUT2D eigenvalue weighted by Crippen LogP contribution is -2.51. The van der Waals surface area contributed by atoms with Crippen LogP contribution in [0.15, 0.2) is 24.5 Å². The topological polar surface area (TPSA) is 45.2 Å². The Morgan fingerprint density at radius 3 is 2.69 bits per heavy atom. The molecule has 4 nitrogen and oxygen atoms in total. The minimum atomic E-state index is 0.182. The molecule has 1 saturated heterocycles. The Kier molecular flexibility index (Phi) is 3.51. The summed E-state index contributed by atoms with van der Waals surface area (Å²) in [6.45, 7) is 5.12. The quantitative estimate of drug-likeness (QED) is 0.808. The molecule has 1 aliphatic heterocycles. The third kappa shape index (κ3) is 2.39. The predicted molar refractivity (Wildman–Crippen MR) is 61.7 cm³/mol. The Bertz CT molecular complexity index is 349. The molecule has 1 fully saturated rings. The maximum Gasteiger partial charge on any atom is 0.228 e. The van der Waals surface area contributed by atoms with Gasteiger partial charge in [-0.05, 0) is 24.6 Å². The van der Waals surface area contributed by atoms with Crippen LogP contribution in [-0.4, -0.2) is 35.4 Å². The van der Waals surface area contributed by atoms with Gasteiger partial charge in [0.15, 0.2) is 0 Å². The molecule has 0 aromatic carbocycles. The summed E-state index contributed by atoms with van der Waals surface area (Å²) in [6.07, 6.45) is 3.52. The van der Waals surface area contributed by atoms with Crippen molar-refractivity contribution < 1.29 is 4.79 Å². The van der Waals surface area contributed by atoms with E-state index in [0.29, 0.717) is 6.54 Å². The lowest BCUT2D eigenvalue weighted by Gasteiger charge is -2.31. The van der Waals surface area contributed by atoms with Crippen LogP contribution in [0.5, 0.6) is 0 Å². The summed E-state index contributed by atoms with van der Waals surface area (Å²) >= 11 is 0. The number of nitrogens with zero attached hydrogens (tertiary/aromatic N) is 2. The van der Waals surface area contributed by atoms with Crippen molar-refractivity contribution in [3.8, 4) is 0 Å². The zero-order valence-corrected chi connectivity index (χ0v) is 9.52. The second-order valence-corrected chi connectivity index (χ2v) is 4.06. The molecule has 1 amide bonds. The lowest BCUT2D eigenvalue weighted by atomic mass is 10.0. The molecule has 1 aromatic heterocycles. The van der Waals surface area contributed by atoms with Crippen molar-refractivity contribution in [3.63, 3.8) is 0 Å². The first-order valence-electron chi connectivity index (χ1n) is 5.69. The van der Waals surface area contributed by atoms with Crippen LogP contribution >= 0.6 is 0 Å². The van der Waals surface area contributed by atoms with Crippen LogP contribution in [0.4, 0.5) is 0 Å². The maximum absolute atomic E-state index is 12.0. The summed E-state index contributed by atoms with van der Waals surface area (Å²) in [6, 6.07) is 3.91. The van der Waals surface area contributed by atoms with Crippen molar-refractivity contribution in [2.75, 3.05) is 19.6 Å². The summed E-state index contributed by atoms with van der Waals surface area (Å²) < 4.78 is 0. The van der Waals surface area contributed by atoms with E-state index < -0.39 is 0 Å². The van der Waals surface area contributed by atoms with Crippen LogP contribution in [0, 0.1) is 5.92 Å². The van der Waals surface area contributed by atoms with Crippen molar-refractivity contribution in [3.05, 3.63) is 30.1 Å². The van der Waals surface area contributed by atoms with E-state index in [0.717, 1.165) is 25.2 Å². The second-order valence-electron chi connectivity index (χ2n) is 4.06. The summed E-state index contributed by atoms with van der Waals surface area (Å²) in [7, 11) is 0. The molecule has 0 atom stereocenters. The van der Waals surface area contributed by atoms with Crippen LogP contribution in [0.1, 0.15) is 12.5 Å². The summed E-state index contributed by atoms with van der Waals surface area (Å²) in [5.41, 5.74) is 1.14. The molecule has 0 bridgehead atoms. The zero-order chi connectivity index (χ0) is 11.4. The number of aromatic nitrogens is 1. The minimum Gasteiger partial charge on any atom is -0.338 e.